The largest absolute Gasteiger partial charge is 0.490 e. The first-order valence-electron chi connectivity index (χ1n) is 6.69. The highest BCUT2D eigenvalue weighted by Gasteiger charge is 2.45. The summed E-state index contributed by atoms with van der Waals surface area (Å²) in [5, 5.41) is 13.3. The molecule has 1 aromatic rings. The number of hydrogen-bond acceptors (Lipinski definition) is 3. The highest BCUT2D eigenvalue weighted by Crippen LogP contribution is 2.44. The third-order valence-electron chi connectivity index (χ3n) is 3.63. The Bertz CT molecular complexity index is 448. The van der Waals surface area contributed by atoms with E-state index in [4.69, 9.17) is 4.74 Å². The maximum atomic E-state index is 9.90. The molecule has 0 bridgehead atoms. The number of rotatable bonds is 6. The van der Waals surface area contributed by atoms with Crippen LogP contribution in [-0.2, 0) is 0 Å². The maximum Gasteiger partial charge on any atom is 0.133 e. The van der Waals surface area contributed by atoms with Crippen molar-refractivity contribution in [1.82, 2.24) is 5.32 Å². The molecule has 4 heteroatoms. The summed E-state index contributed by atoms with van der Waals surface area (Å²) in [5.41, 5.74) is 1.57. The second-order valence-corrected chi connectivity index (χ2v) is 6.91. The quantitative estimate of drug-likeness (QED) is 0.844. The zero-order valence-electron chi connectivity index (χ0n) is 11.7. The number of hydrogen-bond donors (Lipinski definition) is 2. The molecular formula is C15H22BrNO2. The average Bonchev–Trinajstić information content (AvgIpc) is 2.93. The molecule has 2 rings (SSSR count). The summed E-state index contributed by atoms with van der Waals surface area (Å²) >= 11 is 3.46. The van der Waals surface area contributed by atoms with Crippen molar-refractivity contribution in [2.24, 2.45) is 5.41 Å². The monoisotopic (exact) mass is 327 g/mol. The average molecular weight is 328 g/mol. The highest BCUT2D eigenvalue weighted by molar-refractivity contribution is 9.10. The molecule has 0 spiro atoms. The zero-order valence-corrected chi connectivity index (χ0v) is 13.3. The Morgan fingerprint density at radius 3 is 2.79 bits per heavy atom. The van der Waals surface area contributed by atoms with Crippen LogP contribution in [0.1, 0.15) is 25.8 Å². The van der Waals surface area contributed by atoms with Crippen molar-refractivity contribution in [1.29, 1.82) is 0 Å². The van der Waals surface area contributed by atoms with Gasteiger partial charge in [0.1, 0.15) is 18.5 Å². The normalized spacial score (nSPS) is 22.1. The molecule has 2 unspecified atom stereocenters. The van der Waals surface area contributed by atoms with Gasteiger partial charge in [-0.1, -0.05) is 19.9 Å². The summed E-state index contributed by atoms with van der Waals surface area (Å²) in [6, 6.07) is 6.46. The minimum Gasteiger partial charge on any atom is -0.490 e. The van der Waals surface area contributed by atoms with E-state index in [0.717, 1.165) is 10.2 Å². The summed E-state index contributed by atoms with van der Waals surface area (Å²) < 4.78 is 6.55. The van der Waals surface area contributed by atoms with Crippen molar-refractivity contribution in [2.45, 2.75) is 39.3 Å². The Morgan fingerprint density at radius 1 is 1.53 bits per heavy atom. The van der Waals surface area contributed by atoms with E-state index in [-0.39, 0.29) is 0 Å². The van der Waals surface area contributed by atoms with Gasteiger partial charge in [-0.15, -0.1) is 0 Å². The van der Waals surface area contributed by atoms with Crippen LogP contribution in [0.4, 0.5) is 0 Å². The fourth-order valence-electron chi connectivity index (χ4n) is 2.06. The van der Waals surface area contributed by atoms with Crippen molar-refractivity contribution < 1.29 is 9.84 Å². The van der Waals surface area contributed by atoms with Crippen molar-refractivity contribution in [3.63, 3.8) is 0 Å². The topological polar surface area (TPSA) is 41.5 Å². The second kappa shape index (κ2) is 5.81. The van der Waals surface area contributed by atoms with Crippen molar-refractivity contribution in [2.75, 3.05) is 13.2 Å². The molecular weight excluding hydrogens is 306 g/mol. The van der Waals surface area contributed by atoms with Crippen molar-refractivity contribution >= 4 is 15.9 Å². The molecule has 0 amide bonds. The van der Waals surface area contributed by atoms with E-state index in [2.05, 4.69) is 35.1 Å². The van der Waals surface area contributed by atoms with Crippen molar-refractivity contribution in [3.8, 4) is 5.75 Å². The summed E-state index contributed by atoms with van der Waals surface area (Å²) in [6.45, 7) is 7.39. The molecule has 3 nitrogen and oxygen atoms in total. The second-order valence-electron chi connectivity index (χ2n) is 6.05. The molecule has 19 heavy (non-hydrogen) atoms. The fraction of sp³-hybridized carbons (Fsp3) is 0.600. The predicted octanol–water partition coefficient (Wildman–Crippen LogP) is 2.89. The van der Waals surface area contributed by atoms with Gasteiger partial charge in [-0.2, -0.15) is 0 Å². The lowest BCUT2D eigenvalue weighted by atomic mass is 10.2. The van der Waals surface area contributed by atoms with Crippen LogP contribution in [0.5, 0.6) is 5.75 Å². The van der Waals surface area contributed by atoms with Gasteiger partial charge in [-0.25, -0.2) is 0 Å². The Balaban J connectivity index is 1.72. The lowest BCUT2D eigenvalue weighted by Crippen LogP contribution is -2.34. The smallest absolute Gasteiger partial charge is 0.133 e. The van der Waals surface area contributed by atoms with E-state index in [9.17, 15) is 5.11 Å². The van der Waals surface area contributed by atoms with Crippen LogP contribution < -0.4 is 10.1 Å². The Kier molecular flexibility index (Phi) is 4.54. The first kappa shape index (κ1) is 14.8. The summed E-state index contributed by atoms with van der Waals surface area (Å²) in [5.74, 6) is 0.774. The van der Waals surface area contributed by atoms with Crippen LogP contribution in [0.25, 0.3) is 0 Å². The van der Waals surface area contributed by atoms with Gasteiger partial charge in [-0.3, -0.25) is 0 Å². The van der Waals surface area contributed by atoms with Crippen LogP contribution in [-0.4, -0.2) is 30.4 Å². The first-order chi connectivity index (χ1) is 8.88. The van der Waals surface area contributed by atoms with E-state index in [1.807, 2.05) is 25.1 Å². The number of halogens is 1. The van der Waals surface area contributed by atoms with E-state index >= 15 is 0 Å². The molecule has 1 aliphatic rings. The number of ether oxygens (including phenoxy) is 1. The number of benzene rings is 1. The molecule has 2 atom stereocenters. The molecule has 1 saturated carbocycles. The molecule has 1 fully saturated rings. The number of aryl methyl sites for hydroxylation is 1. The standard InChI is InChI=1S/C15H22BrNO2/c1-10-4-5-13(12(16)6-10)19-9-11(18)8-17-14-7-15(14,2)3/h4-6,11,14,17-18H,7-9H2,1-3H3. The van der Waals surface area contributed by atoms with Crippen LogP contribution in [0.15, 0.2) is 22.7 Å². The summed E-state index contributed by atoms with van der Waals surface area (Å²) in [4.78, 5) is 0. The number of aliphatic hydroxyl groups excluding tert-OH is 1. The SMILES string of the molecule is Cc1ccc(OCC(O)CNC2CC2(C)C)c(Br)c1. The minimum atomic E-state index is -0.482. The van der Waals surface area contributed by atoms with E-state index < -0.39 is 6.10 Å². The third-order valence-corrected chi connectivity index (χ3v) is 4.25. The van der Waals surface area contributed by atoms with Gasteiger partial charge in [0.15, 0.2) is 0 Å². The maximum absolute atomic E-state index is 9.90. The van der Waals surface area contributed by atoms with E-state index in [1.165, 1.54) is 12.0 Å². The Labute approximate surface area is 123 Å². The summed E-state index contributed by atoms with van der Waals surface area (Å²) in [6.07, 6.45) is 0.703. The van der Waals surface area contributed by atoms with Crippen LogP contribution in [0.3, 0.4) is 0 Å². The fourth-order valence-corrected chi connectivity index (χ4v) is 2.67. The number of aliphatic hydroxyl groups is 1. The van der Waals surface area contributed by atoms with Crippen molar-refractivity contribution in [3.05, 3.63) is 28.2 Å². The highest BCUT2D eigenvalue weighted by atomic mass is 79.9. The Morgan fingerprint density at radius 2 is 2.21 bits per heavy atom. The van der Waals surface area contributed by atoms with Crippen LogP contribution in [0.2, 0.25) is 0 Å². The molecule has 1 aliphatic carbocycles. The molecule has 1 aromatic carbocycles. The van der Waals surface area contributed by atoms with Gasteiger partial charge in [0.25, 0.3) is 0 Å². The number of nitrogens with one attached hydrogen (secondary N) is 1. The molecule has 2 N–H and O–H groups in total. The molecule has 0 aromatic heterocycles. The van der Waals surface area contributed by atoms with Crippen LogP contribution >= 0.6 is 15.9 Å². The zero-order chi connectivity index (χ0) is 14.0. The van der Waals surface area contributed by atoms with Gasteiger partial charge in [0.2, 0.25) is 0 Å². The molecule has 106 valence electrons. The third kappa shape index (κ3) is 4.20. The van der Waals surface area contributed by atoms with Gasteiger partial charge < -0.3 is 15.2 Å². The van der Waals surface area contributed by atoms with Gasteiger partial charge in [0, 0.05) is 12.6 Å². The molecule has 0 saturated heterocycles. The minimum absolute atomic E-state index is 0.307. The van der Waals surface area contributed by atoms with Gasteiger partial charge in [-0.05, 0) is 52.4 Å². The lowest BCUT2D eigenvalue weighted by Gasteiger charge is -2.15. The molecule has 0 heterocycles. The van der Waals surface area contributed by atoms with Crippen LogP contribution in [0, 0.1) is 12.3 Å². The van der Waals surface area contributed by atoms with Gasteiger partial charge in [0.05, 0.1) is 4.47 Å². The lowest BCUT2D eigenvalue weighted by molar-refractivity contribution is 0.105. The van der Waals surface area contributed by atoms with E-state index in [0.29, 0.717) is 24.6 Å². The summed E-state index contributed by atoms with van der Waals surface area (Å²) in [7, 11) is 0. The molecule has 0 aliphatic heterocycles. The van der Waals surface area contributed by atoms with Gasteiger partial charge >= 0.3 is 0 Å². The predicted molar refractivity (Wildman–Crippen MR) is 80.6 cm³/mol. The molecule has 0 radical (unpaired) electrons. The van der Waals surface area contributed by atoms with E-state index in [1.54, 1.807) is 0 Å². The first-order valence-corrected chi connectivity index (χ1v) is 7.48. The Hall–Kier alpha value is -0.580.